The average Bonchev–Trinajstić information content (AvgIpc) is 2.73. The van der Waals surface area contributed by atoms with Gasteiger partial charge in [-0.05, 0) is 19.1 Å². The lowest BCUT2D eigenvalue weighted by Crippen LogP contribution is -2.02. The van der Waals surface area contributed by atoms with Crippen LogP contribution in [-0.2, 0) is 6.42 Å². The molecule has 5 nitrogen and oxygen atoms in total. The molecule has 6 heteroatoms. The molecule has 0 saturated carbocycles. The molecule has 0 amide bonds. The molecular weight excluding hydrogens is 223 g/mol. The van der Waals surface area contributed by atoms with E-state index in [4.69, 9.17) is 10.2 Å². The molecule has 0 radical (unpaired) electrons. The average molecular weight is 236 g/mol. The number of aromatic nitrogens is 2. The molecule has 0 spiro atoms. The summed E-state index contributed by atoms with van der Waals surface area (Å²) in [5, 5.41) is 10.5. The number of rotatable bonds is 4. The Kier molecular flexibility index (Phi) is 3.34. The maximum absolute atomic E-state index is 13.3. The van der Waals surface area contributed by atoms with Crippen LogP contribution in [0.15, 0.2) is 22.6 Å². The normalized spacial score (nSPS) is 10.5. The van der Waals surface area contributed by atoms with Gasteiger partial charge < -0.3 is 15.5 Å². The lowest BCUT2D eigenvalue weighted by Gasteiger charge is -2.05. The maximum Gasteiger partial charge on any atom is 0.320 e. The molecule has 1 heterocycles. The van der Waals surface area contributed by atoms with Crippen molar-refractivity contribution in [3.8, 4) is 0 Å². The third-order valence-electron chi connectivity index (χ3n) is 2.33. The monoisotopic (exact) mass is 236 g/mol. The van der Waals surface area contributed by atoms with Gasteiger partial charge in [0, 0.05) is 24.2 Å². The van der Waals surface area contributed by atoms with Gasteiger partial charge in [0.15, 0.2) is 0 Å². The van der Waals surface area contributed by atoms with Gasteiger partial charge in [-0.15, -0.1) is 5.10 Å². The summed E-state index contributed by atoms with van der Waals surface area (Å²) in [5.74, 6) is 0.181. The van der Waals surface area contributed by atoms with Gasteiger partial charge in [-0.25, -0.2) is 4.39 Å². The number of nitrogens with one attached hydrogen (secondary N) is 1. The predicted molar refractivity (Wildman–Crippen MR) is 61.5 cm³/mol. The highest BCUT2D eigenvalue weighted by Gasteiger charge is 2.08. The van der Waals surface area contributed by atoms with Crippen LogP contribution in [0, 0.1) is 12.7 Å². The van der Waals surface area contributed by atoms with Crippen LogP contribution < -0.4 is 11.1 Å². The van der Waals surface area contributed by atoms with Crippen molar-refractivity contribution in [3.05, 3.63) is 35.5 Å². The van der Waals surface area contributed by atoms with E-state index in [2.05, 4.69) is 15.5 Å². The van der Waals surface area contributed by atoms with Crippen molar-refractivity contribution in [2.24, 2.45) is 5.73 Å². The molecule has 0 saturated heterocycles. The van der Waals surface area contributed by atoms with E-state index < -0.39 is 0 Å². The predicted octanol–water partition coefficient (Wildman–Crippen LogP) is 1.76. The van der Waals surface area contributed by atoms with E-state index in [0.29, 0.717) is 30.1 Å². The summed E-state index contributed by atoms with van der Waals surface area (Å²) in [5.41, 5.74) is 6.48. The van der Waals surface area contributed by atoms with Crippen LogP contribution in [0.5, 0.6) is 0 Å². The van der Waals surface area contributed by atoms with Crippen molar-refractivity contribution in [2.45, 2.75) is 13.3 Å². The minimum atomic E-state index is -0.281. The summed E-state index contributed by atoms with van der Waals surface area (Å²) in [6, 6.07) is 4.99. The lowest BCUT2D eigenvalue weighted by atomic mass is 10.2. The summed E-state index contributed by atoms with van der Waals surface area (Å²) in [4.78, 5) is 0. The van der Waals surface area contributed by atoms with Crippen molar-refractivity contribution < 1.29 is 8.81 Å². The zero-order chi connectivity index (χ0) is 12.3. The second kappa shape index (κ2) is 4.92. The van der Waals surface area contributed by atoms with Gasteiger partial charge in [-0.1, -0.05) is 11.2 Å². The fourth-order valence-electron chi connectivity index (χ4n) is 1.39. The summed E-state index contributed by atoms with van der Waals surface area (Å²) < 4.78 is 18.6. The third-order valence-corrected chi connectivity index (χ3v) is 2.33. The van der Waals surface area contributed by atoms with Crippen LogP contribution in [0.25, 0.3) is 0 Å². The van der Waals surface area contributed by atoms with E-state index in [-0.39, 0.29) is 11.8 Å². The minimum absolute atomic E-state index is 0.238. The Morgan fingerprint density at radius 3 is 3.00 bits per heavy atom. The Balaban J connectivity index is 2.16. The molecule has 0 aliphatic heterocycles. The molecule has 0 aliphatic rings. The third kappa shape index (κ3) is 2.59. The minimum Gasteiger partial charge on any atom is -0.408 e. The number of benzene rings is 1. The molecule has 2 aromatic rings. The van der Waals surface area contributed by atoms with E-state index in [1.807, 2.05) is 0 Å². The fraction of sp³-hybridized carbons (Fsp3) is 0.273. The van der Waals surface area contributed by atoms with Crippen molar-refractivity contribution >= 4 is 11.7 Å². The molecule has 0 atom stereocenters. The van der Waals surface area contributed by atoms with Gasteiger partial charge in [0.2, 0.25) is 5.89 Å². The largest absolute Gasteiger partial charge is 0.408 e. The van der Waals surface area contributed by atoms with Crippen LogP contribution in [0.4, 0.5) is 16.1 Å². The fourth-order valence-corrected chi connectivity index (χ4v) is 1.39. The SMILES string of the molecule is Cc1c(F)cccc1Nc1nnc(CCN)o1. The number of hydrogen-bond acceptors (Lipinski definition) is 5. The number of hydrogen-bond donors (Lipinski definition) is 2. The molecule has 0 aliphatic carbocycles. The first-order valence-corrected chi connectivity index (χ1v) is 5.25. The Morgan fingerprint density at radius 1 is 1.41 bits per heavy atom. The molecular formula is C11H13FN4O. The van der Waals surface area contributed by atoms with Crippen molar-refractivity contribution in [2.75, 3.05) is 11.9 Å². The summed E-state index contributed by atoms with van der Waals surface area (Å²) >= 11 is 0. The number of nitrogens with zero attached hydrogens (tertiary/aromatic N) is 2. The van der Waals surface area contributed by atoms with Gasteiger partial charge in [-0.3, -0.25) is 0 Å². The molecule has 0 unspecified atom stereocenters. The molecule has 1 aromatic carbocycles. The molecule has 90 valence electrons. The molecule has 0 fully saturated rings. The highest BCUT2D eigenvalue weighted by Crippen LogP contribution is 2.21. The first-order valence-electron chi connectivity index (χ1n) is 5.25. The van der Waals surface area contributed by atoms with Crippen molar-refractivity contribution in [1.82, 2.24) is 10.2 Å². The van der Waals surface area contributed by atoms with Crippen molar-refractivity contribution in [1.29, 1.82) is 0 Å². The zero-order valence-corrected chi connectivity index (χ0v) is 9.40. The molecule has 3 N–H and O–H groups in total. The Bertz CT molecular complexity index is 512. The zero-order valence-electron chi connectivity index (χ0n) is 9.40. The van der Waals surface area contributed by atoms with Crippen LogP contribution in [0.3, 0.4) is 0 Å². The molecule has 2 rings (SSSR count). The lowest BCUT2D eigenvalue weighted by molar-refractivity contribution is 0.509. The van der Waals surface area contributed by atoms with E-state index in [1.165, 1.54) is 6.07 Å². The Hall–Kier alpha value is -1.95. The van der Waals surface area contributed by atoms with E-state index in [0.717, 1.165) is 0 Å². The topological polar surface area (TPSA) is 77.0 Å². The first kappa shape index (κ1) is 11.5. The Labute approximate surface area is 97.8 Å². The van der Waals surface area contributed by atoms with E-state index in [1.54, 1.807) is 19.1 Å². The van der Waals surface area contributed by atoms with E-state index >= 15 is 0 Å². The summed E-state index contributed by atoms with van der Waals surface area (Å²) in [7, 11) is 0. The van der Waals surface area contributed by atoms with Crippen LogP contribution in [0.2, 0.25) is 0 Å². The van der Waals surface area contributed by atoms with Gasteiger partial charge in [0.1, 0.15) is 5.82 Å². The maximum atomic E-state index is 13.3. The van der Waals surface area contributed by atoms with Gasteiger partial charge >= 0.3 is 6.01 Å². The second-order valence-electron chi connectivity index (χ2n) is 3.58. The van der Waals surface area contributed by atoms with E-state index in [9.17, 15) is 4.39 Å². The highest BCUT2D eigenvalue weighted by molar-refractivity contribution is 5.57. The van der Waals surface area contributed by atoms with Crippen LogP contribution in [-0.4, -0.2) is 16.7 Å². The van der Waals surface area contributed by atoms with Gasteiger partial charge in [-0.2, -0.15) is 0 Å². The summed E-state index contributed by atoms with van der Waals surface area (Å²) in [6.45, 7) is 2.12. The van der Waals surface area contributed by atoms with Crippen molar-refractivity contribution in [3.63, 3.8) is 0 Å². The molecule has 17 heavy (non-hydrogen) atoms. The quantitative estimate of drug-likeness (QED) is 0.845. The highest BCUT2D eigenvalue weighted by atomic mass is 19.1. The number of nitrogens with two attached hydrogens (primary N) is 1. The Morgan fingerprint density at radius 2 is 2.24 bits per heavy atom. The summed E-state index contributed by atoms with van der Waals surface area (Å²) in [6.07, 6.45) is 0.525. The molecule has 0 bridgehead atoms. The number of halogens is 1. The standard InChI is InChI=1S/C11H13FN4O/c1-7-8(12)3-2-4-9(7)14-11-16-15-10(17-11)5-6-13/h2-4H,5-6,13H2,1H3,(H,14,16). The second-order valence-corrected chi connectivity index (χ2v) is 3.58. The smallest absolute Gasteiger partial charge is 0.320 e. The number of anilines is 2. The first-order chi connectivity index (χ1) is 8.20. The van der Waals surface area contributed by atoms with Crippen LogP contribution >= 0.6 is 0 Å². The van der Waals surface area contributed by atoms with Crippen LogP contribution in [0.1, 0.15) is 11.5 Å². The van der Waals surface area contributed by atoms with Gasteiger partial charge in [0.05, 0.1) is 0 Å². The molecule has 1 aromatic heterocycles. The van der Waals surface area contributed by atoms with Gasteiger partial charge in [0.25, 0.3) is 0 Å².